The normalized spacial score (nSPS) is 24.8. The van der Waals surface area contributed by atoms with Crippen LogP contribution < -0.4 is 4.74 Å². The molecule has 2 aliphatic heterocycles. The molecule has 2 atom stereocenters. The lowest BCUT2D eigenvalue weighted by molar-refractivity contribution is -0.160. The smallest absolute Gasteiger partial charge is 0.334 e. The van der Waals surface area contributed by atoms with Gasteiger partial charge in [0.25, 0.3) is 5.91 Å². The molecule has 0 spiro atoms. The van der Waals surface area contributed by atoms with Gasteiger partial charge < -0.3 is 24.2 Å². The summed E-state index contributed by atoms with van der Waals surface area (Å²) in [5, 5.41) is 9.13. The van der Waals surface area contributed by atoms with Crippen molar-refractivity contribution in [1.29, 1.82) is 0 Å². The molecule has 1 aromatic carbocycles. The van der Waals surface area contributed by atoms with Gasteiger partial charge in [0.05, 0.1) is 25.9 Å². The van der Waals surface area contributed by atoms with Crippen LogP contribution >= 0.6 is 0 Å². The van der Waals surface area contributed by atoms with E-state index in [1.165, 1.54) is 4.90 Å². The number of morpholine rings is 1. The third-order valence-electron chi connectivity index (χ3n) is 4.40. The molecule has 7 nitrogen and oxygen atoms in total. The zero-order valence-corrected chi connectivity index (χ0v) is 14.2. The van der Waals surface area contributed by atoms with E-state index in [1.807, 2.05) is 0 Å². The molecule has 0 bridgehead atoms. The fraction of sp³-hybridized carbons (Fsp3) is 0.556. The number of carboxylic acids is 1. The number of amides is 1. The van der Waals surface area contributed by atoms with Gasteiger partial charge in [0, 0.05) is 24.9 Å². The molecule has 0 saturated carbocycles. The van der Waals surface area contributed by atoms with Crippen LogP contribution in [0.4, 0.5) is 0 Å². The summed E-state index contributed by atoms with van der Waals surface area (Å²) in [6, 6.07) is 6.99. The Labute approximate surface area is 146 Å². The zero-order valence-electron chi connectivity index (χ0n) is 14.2. The van der Waals surface area contributed by atoms with Crippen molar-refractivity contribution in [1.82, 2.24) is 4.90 Å². The Hall–Kier alpha value is -2.12. The van der Waals surface area contributed by atoms with E-state index in [-0.39, 0.29) is 24.7 Å². The van der Waals surface area contributed by atoms with Crippen molar-refractivity contribution in [3.05, 3.63) is 29.8 Å². The molecule has 3 rings (SSSR count). The second-order valence-corrected chi connectivity index (χ2v) is 6.44. The van der Waals surface area contributed by atoms with Crippen LogP contribution in [0.1, 0.15) is 30.1 Å². The first-order chi connectivity index (χ1) is 12.0. The van der Waals surface area contributed by atoms with Crippen molar-refractivity contribution in [2.24, 2.45) is 0 Å². The molecule has 136 valence electrons. The fourth-order valence-electron chi connectivity index (χ4n) is 3.10. The van der Waals surface area contributed by atoms with E-state index < -0.39 is 12.1 Å². The van der Waals surface area contributed by atoms with E-state index >= 15 is 0 Å². The number of hydrogen-bond donors (Lipinski definition) is 1. The molecule has 1 amide bonds. The molecule has 2 saturated heterocycles. The summed E-state index contributed by atoms with van der Waals surface area (Å²) in [5.41, 5.74) is 0.512. The molecule has 7 heteroatoms. The first kappa shape index (κ1) is 17.7. The fourth-order valence-corrected chi connectivity index (χ4v) is 3.10. The summed E-state index contributed by atoms with van der Waals surface area (Å²) in [5.74, 6) is -0.522. The Morgan fingerprint density at radius 3 is 2.48 bits per heavy atom. The Kier molecular flexibility index (Phi) is 5.55. The molecule has 1 N–H and O–H groups in total. The van der Waals surface area contributed by atoms with Crippen molar-refractivity contribution in [3.63, 3.8) is 0 Å². The van der Waals surface area contributed by atoms with Gasteiger partial charge in [-0.1, -0.05) is 0 Å². The summed E-state index contributed by atoms with van der Waals surface area (Å²) in [6.45, 7) is 3.62. The van der Waals surface area contributed by atoms with Gasteiger partial charge in [-0.2, -0.15) is 0 Å². The van der Waals surface area contributed by atoms with Crippen LogP contribution in [0.2, 0.25) is 0 Å². The van der Waals surface area contributed by atoms with Crippen LogP contribution in [-0.4, -0.2) is 66.5 Å². The van der Waals surface area contributed by atoms with Crippen LogP contribution in [0.15, 0.2) is 24.3 Å². The first-order valence-corrected chi connectivity index (χ1v) is 8.55. The lowest BCUT2D eigenvalue weighted by atomic mass is 10.1. The highest BCUT2D eigenvalue weighted by atomic mass is 16.5. The van der Waals surface area contributed by atoms with Gasteiger partial charge in [-0.15, -0.1) is 0 Å². The predicted octanol–water partition coefficient (Wildman–Crippen LogP) is 1.56. The van der Waals surface area contributed by atoms with Gasteiger partial charge >= 0.3 is 5.97 Å². The molecule has 2 heterocycles. The Balaban J connectivity index is 1.62. The number of aliphatic carboxylic acids is 1. The highest BCUT2D eigenvalue weighted by Crippen LogP contribution is 2.20. The van der Waals surface area contributed by atoms with E-state index in [1.54, 1.807) is 31.2 Å². The molecule has 0 aromatic heterocycles. The van der Waals surface area contributed by atoms with Gasteiger partial charge in [-0.05, 0) is 31.2 Å². The SMILES string of the molecule is C[C@@H]1CN(C(=O)c2ccc(OC3CCOCC3)cc2)CC(C(=O)O)O1. The van der Waals surface area contributed by atoms with Gasteiger partial charge in [0.2, 0.25) is 0 Å². The highest BCUT2D eigenvalue weighted by Gasteiger charge is 2.33. The maximum absolute atomic E-state index is 12.6. The van der Waals surface area contributed by atoms with Crippen LogP contribution in [0.3, 0.4) is 0 Å². The zero-order chi connectivity index (χ0) is 17.8. The predicted molar refractivity (Wildman–Crippen MR) is 88.8 cm³/mol. The van der Waals surface area contributed by atoms with E-state index in [0.29, 0.717) is 25.3 Å². The average Bonchev–Trinajstić information content (AvgIpc) is 2.62. The molecule has 25 heavy (non-hydrogen) atoms. The molecule has 0 radical (unpaired) electrons. The maximum atomic E-state index is 12.6. The molecule has 0 aliphatic carbocycles. The number of nitrogens with zero attached hydrogens (tertiary/aromatic N) is 1. The van der Waals surface area contributed by atoms with Crippen LogP contribution in [0, 0.1) is 0 Å². The minimum Gasteiger partial charge on any atom is -0.490 e. The van der Waals surface area contributed by atoms with Crippen molar-refractivity contribution in [2.45, 2.75) is 38.1 Å². The molecular formula is C18H23NO6. The number of benzene rings is 1. The molecule has 1 unspecified atom stereocenters. The molecule has 1 aromatic rings. The van der Waals surface area contributed by atoms with Crippen LogP contribution in [0.25, 0.3) is 0 Å². The molecule has 2 fully saturated rings. The van der Waals surface area contributed by atoms with Gasteiger partial charge in [0.15, 0.2) is 6.10 Å². The lowest BCUT2D eigenvalue weighted by Gasteiger charge is -2.35. The van der Waals surface area contributed by atoms with E-state index in [0.717, 1.165) is 18.6 Å². The number of ether oxygens (including phenoxy) is 3. The second kappa shape index (κ2) is 7.84. The Morgan fingerprint density at radius 2 is 1.84 bits per heavy atom. The second-order valence-electron chi connectivity index (χ2n) is 6.44. The van der Waals surface area contributed by atoms with Crippen molar-refractivity contribution >= 4 is 11.9 Å². The number of rotatable bonds is 4. The van der Waals surface area contributed by atoms with Gasteiger partial charge in [-0.25, -0.2) is 4.79 Å². The van der Waals surface area contributed by atoms with Crippen molar-refractivity contribution in [3.8, 4) is 5.75 Å². The first-order valence-electron chi connectivity index (χ1n) is 8.55. The average molecular weight is 349 g/mol. The van der Waals surface area contributed by atoms with Gasteiger partial charge in [0.1, 0.15) is 11.9 Å². The van der Waals surface area contributed by atoms with Gasteiger partial charge in [-0.3, -0.25) is 4.79 Å². The third-order valence-corrected chi connectivity index (χ3v) is 4.40. The van der Waals surface area contributed by atoms with Crippen molar-refractivity contribution in [2.75, 3.05) is 26.3 Å². The quantitative estimate of drug-likeness (QED) is 0.888. The summed E-state index contributed by atoms with van der Waals surface area (Å²) in [7, 11) is 0. The van der Waals surface area contributed by atoms with E-state index in [4.69, 9.17) is 19.3 Å². The lowest BCUT2D eigenvalue weighted by Crippen LogP contribution is -2.51. The standard InChI is InChI=1S/C18H23NO6/c1-12-10-19(11-16(24-12)18(21)22)17(20)13-2-4-14(5-3-13)25-15-6-8-23-9-7-15/h2-5,12,15-16H,6-11H2,1H3,(H,21,22)/t12-,16?/m1/s1. The van der Waals surface area contributed by atoms with E-state index in [2.05, 4.69) is 0 Å². The topological polar surface area (TPSA) is 85.3 Å². The Morgan fingerprint density at radius 1 is 1.16 bits per heavy atom. The monoisotopic (exact) mass is 349 g/mol. The molecule has 2 aliphatic rings. The van der Waals surface area contributed by atoms with Crippen molar-refractivity contribution < 1.29 is 28.9 Å². The summed E-state index contributed by atoms with van der Waals surface area (Å²) in [4.78, 5) is 25.3. The largest absolute Gasteiger partial charge is 0.490 e. The minimum atomic E-state index is -1.05. The highest BCUT2D eigenvalue weighted by molar-refractivity contribution is 5.94. The summed E-state index contributed by atoms with van der Waals surface area (Å²) >= 11 is 0. The Bertz CT molecular complexity index is 610. The summed E-state index contributed by atoms with van der Waals surface area (Å²) < 4.78 is 16.5. The minimum absolute atomic E-state index is 0.0544. The number of carbonyl (C=O) groups excluding carboxylic acids is 1. The maximum Gasteiger partial charge on any atom is 0.334 e. The van der Waals surface area contributed by atoms with Crippen LogP contribution in [-0.2, 0) is 14.3 Å². The van der Waals surface area contributed by atoms with Crippen LogP contribution in [0.5, 0.6) is 5.75 Å². The molecular weight excluding hydrogens is 326 g/mol. The number of carbonyl (C=O) groups is 2. The number of hydrogen-bond acceptors (Lipinski definition) is 5. The summed E-state index contributed by atoms with van der Waals surface area (Å²) in [6.07, 6.45) is 0.580. The third kappa shape index (κ3) is 4.49. The number of carboxylic acid groups (broad SMARTS) is 1. The van der Waals surface area contributed by atoms with E-state index in [9.17, 15) is 9.59 Å².